The summed E-state index contributed by atoms with van der Waals surface area (Å²) in [4.78, 5) is 0. The summed E-state index contributed by atoms with van der Waals surface area (Å²) in [5, 5.41) is 4.62. The van der Waals surface area contributed by atoms with Crippen molar-refractivity contribution in [3.05, 3.63) is 156 Å². The number of hydrogen-bond donors (Lipinski definition) is 0. The molecule has 0 bridgehead atoms. The first-order valence-corrected chi connectivity index (χ1v) is 14.9. The van der Waals surface area contributed by atoms with Crippen molar-refractivity contribution < 1.29 is 9.47 Å². The Hall–Kier alpha value is -5.86. The van der Waals surface area contributed by atoms with Crippen molar-refractivity contribution >= 4 is 45.8 Å². The zero-order valence-corrected chi connectivity index (χ0v) is 23.8. The van der Waals surface area contributed by atoms with Crippen LogP contribution in [0.2, 0.25) is 0 Å². The first-order valence-electron chi connectivity index (χ1n) is 14.9. The molecule has 0 unspecified atom stereocenters. The predicted octanol–water partition coefficient (Wildman–Crippen LogP) is 11.9. The van der Waals surface area contributed by atoms with E-state index in [0.29, 0.717) is 0 Å². The third-order valence-electron chi connectivity index (χ3n) is 8.62. The van der Waals surface area contributed by atoms with E-state index in [9.17, 15) is 0 Å². The molecule has 2 aliphatic heterocycles. The van der Waals surface area contributed by atoms with Gasteiger partial charge in [-0.2, -0.15) is 0 Å². The molecule has 7 aromatic carbocycles. The topological polar surface area (TPSA) is 18.5 Å². The van der Waals surface area contributed by atoms with Crippen molar-refractivity contribution in [2.45, 2.75) is 0 Å². The van der Waals surface area contributed by atoms with Gasteiger partial charge in [-0.1, -0.05) is 121 Å². The van der Waals surface area contributed by atoms with E-state index >= 15 is 0 Å². The molecular formula is C42H26O2. The standard InChI is InChI=1S/C42H26O2/c1-3-9-27(10-4-1)15-17-29-19-21-35-33(25-29)39-31-13-7-8-14-32(31)40-34-26-30(18-16-28-11-5-2-6-12-28)20-22-36(34)44-38-24-23-37(43-35)41(39)42(38)40/h1-26H/b17-15+,18-16+. The van der Waals surface area contributed by atoms with Gasteiger partial charge in [0.25, 0.3) is 0 Å². The maximum atomic E-state index is 6.60. The number of rotatable bonds is 4. The van der Waals surface area contributed by atoms with Crippen LogP contribution in [0.4, 0.5) is 0 Å². The Morgan fingerprint density at radius 2 is 0.727 bits per heavy atom. The van der Waals surface area contributed by atoms with Gasteiger partial charge in [0.2, 0.25) is 0 Å². The third kappa shape index (κ3) is 3.96. The Morgan fingerprint density at radius 1 is 0.341 bits per heavy atom. The molecular weight excluding hydrogens is 536 g/mol. The second-order valence-electron chi connectivity index (χ2n) is 11.3. The summed E-state index contributed by atoms with van der Waals surface area (Å²) in [7, 11) is 0. The van der Waals surface area contributed by atoms with Gasteiger partial charge in [0.05, 0.1) is 0 Å². The van der Waals surface area contributed by atoms with E-state index in [1.54, 1.807) is 0 Å². The predicted molar refractivity (Wildman–Crippen MR) is 183 cm³/mol. The van der Waals surface area contributed by atoms with Gasteiger partial charge in [0.1, 0.15) is 23.0 Å². The van der Waals surface area contributed by atoms with Gasteiger partial charge >= 0.3 is 0 Å². The molecule has 0 amide bonds. The van der Waals surface area contributed by atoms with Gasteiger partial charge in [0, 0.05) is 33.0 Å². The third-order valence-corrected chi connectivity index (χ3v) is 8.62. The molecule has 2 heteroatoms. The highest BCUT2D eigenvalue weighted by Gasteiger charge is 2.31. The lowest BCUT2D eigenvalue weighted by Gasteiger charge is -2.29. The second-order valence-corrected chi connectivity index (χ2v) is 11.3. The van der Waals surface area contributed by atoms with Crippen LogP contribution in [0.3, 0.4) is 0 Å². The van der Waals surface area contributed by atoms with E-state index in [1.807, 2.05) is 24.3 Å². The van der Waals surface area contributed by atoms with Gasteiger partial charge in [-0.15, -0.1) is 0 Å². The fraction of sp³-hybridized carbons (Fsp3) is 0. The van der Waals surface area contributed by atoms with E-state index in [0.717, 1.165) is 56.0 Å². The molecule has 7 aromatic rings. The van der Waals surface area contributed by atoms with E-state index < -0.39 is 0 Å². The Balaban J connectivity index is 1.26. The quantitative estimate of drug-likeness (QED) is 0.157. The highest BCUT2D eigenvalue weighted by atomic mass is 16.5. The van der Waals surface area contributed by atoms with Crippen LogP contribution in [0, 0.1) is 0 Å². The lowest BCUT2D eigenvalue weighted by Crippen LogP contribution is -2.04. The van der Waals surface area contributed by atoms with E-state index in [2.05, 4.69) is 133 Å². The molecule has 206 valence electrons. The Bertz CT molecular complexity index is 2150. The summed E-state index contributed by atoms with van der Waals surface area (Å²) in [6.07, 6.45) is 8.65. The summed E-state index contributed by atoms with van der Waals surface area (Å²) in [6, 6.07) is 46.6. The van der Waals surface area contributed by atoms with Crippen molar-refractivity contribution in [1.82, 2.24) is 0 Å². The average molecular weight is 563 g/mol. The van der Waals surface area contributed by atoms with Crippen LogP contribution in [0.25, 0.3) is 68.1 Å². The number of hydrogen-bond acceptors (Lipinski definition) is 2. The van der Waals surface area contributed by atoms with Gasteiger partial charge in [-0.25, -0.2) is 0 Å². The molecule has 0 aliphatic carbocycles. The summed E-state index contributed by atoms with van der Waals surface area (Å²) in [5.74, 6) is 3.46. The minimum Gasteiger partial charge on any atom is -0.456 e. The number of fused-ring (bicyclic) bond motifs is 7. The van der Waals surface area contributed by atoms with Gasteiger partial charge < -0.3 is 9.47 Å². The van der Waals surface area contributed by atoms with Gasteiger partial charge in [-0.3, -0.25) is 0 Å². The maximum Gasteiger partial charge on any atom is 0.136 e. The maximum absolute atomic E-state index is 6.60. The van der Waals surface area contributed by atoms with E-state index in [4.69, 9.17) is 9.47 Å². The summed E-state index contributed by atoms with van der Waals surface area (Å²) in [5.41, 5.74) is 9.17. The van der Waals surface area contributed by atoms with Crippen LogP contribution in [0.15, 0.2) is 133 Å². The zero-order chi connectivity index (χ0) is 29.0. The monoisotopic (exact) mass is 562 g/mol. The van der Waals surface area contributed by atoms with Crippen molar-refractivity contribution in [3.8, 4) is 45.3 Å². The first kappa shape index (κ1) is 24.7. The molecule has 2 nitrogen and oxygen atoms in total. The molecule has 9 rings (SSSR count). The Kier molecular flexibility index (Phi) is 5.54. The molecule has 2 heterocycles. The van der Waals surface area contributed by atoms with E-state index in [1.165, 1.54) is 33.0 Å². The van der Waals surface area contributed by atoms with Crippen molar-refractivity contribution in [1.29, 1.82) is 0 Å². The molecule has 0 atom stereocenters. The summed E-state index contributed by atoms with van der Waals surface area (Å²) in [6.45, 7) is 0. The minimum atomic E-state index is 0.859. The molecule has 2 aliphatic rings. The fourth-order valence-corrected chi connectivity index (χ4v) is 6.60. The molecule has 0 saturated heterocycles. The molecule has 0 radical (unpaired) electrons. The molecule has 0 spiro atoms. The lowest BCUT2D eigenvalue weighted by molar-refractivity contribution is 0.476. The summed E-state index contributed by atoms with van der Waals surface area (Å²) < 4.78 is 13.2. The van der Waals surface area contributed by atoms with Crippen molar-refractivity contribution in [2.75, 3.05) is 0 Å². The van der Waals surface area contributed by atoms with Crippen LogP contribution < -0.4 is 9.47 Å². The molecule has 44 heavy (non-hydrogen) atoms. The minimum absolute atomic E-state index is 0.859. The Labute approximate surface area is 255 Å². The van der Waals surface area contributed by atoms with Crippen molar-refractivity contribution in [3.63, 3.8) is 0 Å². The van der Waals surface area contributed by atoms with Crippen LogP contribution in [-0.2, 0) is 0 Å². The van der Waals surface area contributed by atoms with Gasteiger partial charge in [0.15, 0.2) is 0 Å². The number of ether oxygens (including phenoxy) is 2. The molecule has 0 saturated carbocycles. The van der Waals surface area contributed by atoms with Crippen molar-refractivity contribution in [2.24, 2.45) is 0 Å². The highest BCUT2D eigenvalue weighted by molar-refractivity contribution is 6.26. The SMILES string of the molecule is C(=C\c1ccc2c(c1)-c1c3ccccc3c3c4c(ccc(c14)O2)Oc1ccc(/C=C/c2ccccc2)cc1-3)/c1ccccc1. The van der Waals surface area contributed by atoms with Crippen LogP contribution in [0.1, 0.15) is 22.3 Å². The average Bonchev–Trinajstić information content (AvgIpc) is 3.09. The Morgan fingerprint density at radius 3 is 1.18 bits per heavy atom. The van der Waals surface area contributed by atoms with Crippen LogP contribution >= 0.6 is 0 Å². The molecule has 0 N–H and O–H groups in total. The molecule has 0 fully saturated rings. The number of benzene rings is 7. The fourth-order valence-electron chi connectivity index (χ4n) is 6.60. The summed E-state index contributed by atoms with van der Waals surface area (Å²) >= 11 is 0. The first-order chi connectivity index (χ1) is 21.8. The van der Waals surface area contributed by atoms with Crippen LogP contribution in [-0.4, -0.2) is 0 Å². The highest BCUT2D eigenvalue weighted by Crippen LogP contribution is 2.58. The normalized spacial score (nSPS) is 12.7. The second kappa shape index (κ2) is 9.86. The van der Waals surface area contributed by atoms with Crippen LogP contribution in [0.5, 0.6) is 23.0 Å². The molecule has 0 aromatic heterocycles. The smallest absolute Gasteiger partial charge is 0.136 e. The largest absolute Gasteiger partial charge is 0.456 e. The zero-order valence-electron chi connectivity index (χ0n) is 23.8. The lowest BCUT2D eigenvalue weighted by atomic mass is 9.82. The van der Waals surface area contributed by atoms with Gasteiger partial charge in [-0.05, 0) is 69.4 Å². The van der Waals surface area contributed by atoms with E-state index in [-0.39, 0.29) is 0 Å².